The molecule has 0 saturated heterocycles. The van der Waals surface area contributed by atoms with Crippen LogP contribution in [0.1, 0.15) is 42.3 Å². The summed E-state index contributed by atoms with van der Waals surface area (Å²) in [6.07, 6.45) is 1.52. The molecule has 0 bridgehead atoms. The summed E-state index contributed by atoms with van der Waals surface area (Å²) < 4.78 is 11.1. The van der Waals surface area contributed by atoms with Crippen LogP contribution in [0.25, 0.3) is 11.3 Å². The Kier molecular flexibility index (Phi) is 4.93. The summed E-state index contributed by atoms with van der Waals surface area (Å²) in [4.78, 5) is 19.4. The number of benzene rings is 1. The first kappa shape index (κ1) is 18.7. The van der Waals surface area contributed by atoms with Gasteiger partial charge >= 0.3 is 0 Å². The largest absolute Gasteiger partial charge is 0.479 e. The molecule has 0 fully saturated rings. The molecule has 4 rings (SSSR count). The van der Waals surface area contributed by atoms with Crippen LogP contribution in [0, 0.1) is 13.8 Å². The van der Waals surface area contributed by atoms with Crippen molar-refractivity contribution in [2.24, 2.45) is 0 Å². The van der Waals surface area contributed by atoms with E-state index in [1.807, 2.05) is 32.0 Å². The third-order valence-corrected chi connectivity index (χ3v) is 5.88. The lowest BCUT2D eigenvalue weighted by Gasteiger charge is -2.33. The average Bonchev–Trinajstić information content (AvgIpc) is 3.27. The lowest BCUT2D eigenvalue weighted by Crippen LogP contribution is -2.44. The predicted octanol–water partition coefficient (Wildman–Crippen LogP) is 4.68. The molecule has 1 amide bonds. The van der Waals surface area contributed by atoms with Crippen LogP contribution in [-0.2, 0) is 17.8 Å². The number of aromatic nitrogens is 2. The number of thiazole rings is 1. The summed E-state index contributed by atoms with van der Waals surface area (Å²) in [6.45, 7) is 8.09. The molecule has 0 aliphatic carbocycles. The third-order valence-electron chi connectivity index (χ3n) is 4.98. The fraction of sp³-hybridized carbons (Fsp3) is 0.381. The predicted molar refractivity (Wildman–Crippen MR) is 109 cm³/mol. The van der Waals surface area contributed by atoms with Crippen molar-refractivity contribution < 1.29 is 14.1 Å². The number of fused-ring (bicyclic) bond motifs is 1. The number of anilines is 1. The first-order valence-electron chi connectivity index (χ1n) is 9.46. The highest BCUT2D eigenvalue weighted by Crippen LogP contribution is 2.39. The number of rotatable bonds is 5. The molecule has 1 aliphatic heterocycles. The highest BCUT2D eigenvalue weighted by Gasteiger charge is 2.33. The van der Waals surface area contributed by atoms with Crippen LogP contribution in [-0.4, -0.2) is 22.2 Å². The zero-order valence-electron chi connectivity index (χ0n) is 16.5. The van der Waals surface area contributed by atoms with E-state index in [0.29, 0.717) is 12.3 Å². The number of hydrogen-bond acceptors (Lipinski definition) is 6. The van der Waals surface area contributed by atoms with Gasteiger partial charge in [0.25, 0.3) is 5.91 Å². The third kappa shape index (κ3) is 3.30. The van der Waals surface area contributed by atoms with Crippen LogP contribution in [0.15, 0.2) is 28.1 Å². The van der Waals surface area contributed by atoms with Crippen LogP contribution < -0.4 is 9.64 Å². The molecule has 1 atom stereocenters. The number of carbonyl (C=O) groups excluding carboxylic acids is 1. The van der Waals surface area contributed by atoms with Gasteiger partial charge in [0.1, 0.15) is 11.5 Å². The monoisotopic (exact) mass is 397 g/mol. The van der Waals surface area contributed by atoms with Crippen LogP contribution in [0.3, 0.4) is 0 Å². The van der Waals surface area contributed by atoms with Crippen molar-refractivity contribution in [1.29, 1.82) is 0 Å². The van der Waals surface area contributed by atoms with Gasteiger partial charge in [0.15, 0.2) is 6.10 Å². The number of carbonyl (C=O) groups is 1. The smallest absolute Gasteiger partial charge is 0.268 e. The fourth-order valence-corrected chi connectivity index (χ4v) is 4.30. The van der Waals surface area contributed by atoms with Crippen molar-refractivity contribution in [3.05, 3.63) is 45.6 Å². The number of aryl methyl sites for hydroxylation is 3. The summed E-state index contributed by atoms with van der Waals surface area (Å²) in [5.41, 5.74) is 4.39. The molecule has 2 aromatic heterocycles. The van der Waals surface area contributed by atoms with Gasteiger partial charge in [-0.2, -0.15) is 0 Å². The summed E-state index contributed by atoms with van der Waals surface area (Å²) in [7, 11) is 0. The molecule has 28 heavy (non-hydrogen) atoms. The minimum Gasteiger partial charge on any atom is -0.479 e. The maximum Gasteiger partial charge on any atom is 0.268 e. The Labute approximate surface area is 168 Å². The maximum absolute atomic E-state index is 12.9. The molecular weight excluding hydrogens is 374 g/mol. The molecule has 1 aliphatic rings. The molecule has 3 aromatic rings. The fourth-order valence-electron chi connectivity index (χ4n) is 3.39. The summed E-state index contributed by atoms with van der Waals surface area (Å²) in [6, 6.07) is 5.91. The van der Waals surface area contributed by atoms with Crippen molar-refractivity contribution in [3.8, 4) is 17.0 Å². The summed E-state index contributed by atoms with van der Waals surface area (Å²) in [5, 5.41) is 7.21. The minimum atomic E-state index is -0.533. The van der Waals surface area contributed by atoms with Crippen LogP contribution in [0.2, 0.25) is 0 Å². The van der Waals surface area contributed by atoms with E-state index in [1.165, 1.54) is 0 Å². The maximum atomic E-state index is 12.9. The molecule has 1 unspecified atom stereocenters. The van der Waals surface area contributed by atoms with Crippen LogP contribution >= 0.6 is 11.3 Å². The Morgan fingerprint density at radius 3 is 2.82 bits per heavy atom. The van der Waals surface area contributed by atoms with E-state index in [-0.39, 0.29) is 5.91 Å². The van der Waals surface area contributed by atoms with E-state index >= 15 is 0 Å². The van der Waals surface area contributed by atoms with Gasteiger partial charge in [0.2, 0.25) is 0 Å². The van der Waals surface area contributed by atoms with Crippen molar-refractivity contribution in [2.75, 3.05) is 4.90 Å². The average molecular weight is 398 g/mol. The number of nitrogens with zero attached hydrogens (tertiary/aromatic N) is 3. The molecule has 146 valence electrons. The zero-order chi connectivity index (χ0) is 19.8. The second-order valence-corrected chi connectivity index (χ2v) is 7.99. The van der Waals surface area contributed by atoms with Gasteiger partial charge in [-0.25, -0.2) is 4.98 Å². The van der Waals surface area contributed by atoms with Crippen molar-refractivity contribution >= 4 is 22.9 Å². The Bertz CT molecular complexity index is 1000. The van der Waals surface area contributed by atoms with Crippen molar-refractivity contribution in [2.45, 2.75) is 53.2 Å². The van der Waals surface area contributed by atoms with E-state index in [4.69, 9.17) is 14.2 Å². The van der Waals surface area contributed by atoms with E-state index in [0.717, 1.165) is 51.8 Å². The number of ether oxygens (including phenoxy) is 1. The Hall–Kier alpha value is -2.67. The van der Waals surface area contributed by atoms with Gasteiger partial charge in [0, 0.05) is 16.5 Å². The highest BCUT2D eigenvalue weighted by atomic mass is 32.1. The normalized spacial score (nSPS) is 16.2. The minimum absolute atomic E-state index is 0.0744. The first-order valence-corrected chi connectivity index (χ1v) is 10.3. The van der Waals surface area contributed by atoms with Gasteiger partial charge in [-0.05, 0) is 51.8 Å². The van der Waals surface area contributed by atoms with E-state index in [9.17, 15) is 4.79 Å². The van der Waals surface area contributed by atoms with Crippen molar-refractivity contribution in [3.63, 3.8) is 0 Å². The molecule has 1 aromatic carbocycles. The SMILES string of the molecule is CCCc1nc(-c2ccc3c(c2)N(Cc2c(C)noc2C)C(=O)C(C)O3)cs1. The second-order valence-electron chi connectivity index (χ2n) is 7.05. The van der Waals surface area contributed by atoms with E-state index in [2.05, 4.69) is 17.5 Å². The molecule has 0 saturated carbocycles. The lowest BCUT2D eigenvalue weighted by molar-refractivity contribution is -0.125. The van der Waals surface area contributed by atoms with Crippen molar-refractivity contribution in [1.82, 2.24) is 10.1 Å². The molecule has 3 heterocycles. The topological polar surface area (TPSA) is 68.5 Å². The van der Waals surface area contributed by atoms with Gasteiger partial charge in [0.05, 0.1) is 28.6 Å². The first-order chi connectivity index (χ1) is 13.5. The highest BCUT2D eigenvalue weighted by molar-refractivity contribution is 7.09. The molecular formula is C21H23N3O3S. The summed E-state index contributed by atoms with van der Waals surface area (Å²) in [5.74, 6) is 1.35. The van der Waals surface area contributed by atoms with Gasteiger partial charge in [-0.15, -0.1) is 11.3 Å². The zero-order valence-corrected chi connectivity index (χ0v) is 17.3. The number of hydrogen-bond donors (Lipinski definition) is 0. The van der Waals surface area contributed by atoms with E-state index in [1.54, 1.807) is 23.2 Å². The lowest BCUT2D eigenvalue weighted by atomic mass is 10.1. The molecule has 6 nitrogen and oxygen atoms in total. The van der Waals surface area contributed by atoms with E-state index < -0.39 is 6.10 Å². The second kappa shape index (κ2) is 7.39. The summed E-state index contributed by atoms with van der Waals surface area (Å²) >= 11 is 1.67. The Morgan fingerprint density at radius 1 is 1.29 bits per heavy atom. The Balaban J connectivity index is 1.73. The van der Waals surface area contributed by atoms with Crippen LogP contribution in [0.4, 0.5) is 5.69 Å². The van der Waals surface area contributed by atoms with Gasteiger partial charge in [-0.1, -0.05) is 12.1 Å². The van der Waals surface area contributed by atoms with Gasteiger partial charge < -0.3 is 14.2 Å². The quantitative estimate of drug-likeness (QED) is 0.625. The number of amides is 1. The molecule has 0 N–H and O–H groups in total. The Morgan fingerprint density at radius 2 is 2.11 bits per heavy atom. The molecule has 0 spiro atoms. The van der Waals surface area contributed by atoms with Crippen LogP contribution in [0.5, 0.6) is 5.75 Å². The molecule has 0 radical (unpaired) electrons. The standard InChI is InChI=1S/C21H23N3O3S/c1-5-6-20-22-17(11-28-20)15-7-8-19-18(9-15)24(21(25)14(4)26-19)10-16-12(2)23-27-13(16)3/h7-9,11,14H,5-6,10H2,1-4H3. The molecule has 7 heteroatoms. The van der Waals surface area contributed by atoms with Gasteiger partial charge in [-0.3, -0.25) is 4.79 Å².